The molecule has 2 nitrogen and oxygen atoms in total. The minimum Gasteiger partial charge on any atom is -0.271 e. The molecule has 0 saturated heterocycles. The Morgan fingerprint density at radius 1 is 1.86 bits per heavy atom. The molecular formula is C5H12N2. The number of rotatable bonds is 2. The predicted molar refractivity (Wildman–Crippen MR) is 29.5 cm³/mol. The molecule has 0 spiro atoms. The number of hydrogen-bond donors (Lipinski definition) is 2. The van der Waals surface area contributed by atoms with Crippen LogP contribution in [-0.4, -0.2) is 6.54 Å². The molecule has 2 heteroatoms. The van der Waals surface area contributed by atoms with Gasteiger partial charge in [-0.05, 0) is 18.3 Å². The van der Waals surface area contributed by atoms with Crippen molar-refractivity contribution in [3.63, 3.8) is 0 Å². The lowest BCUT2D eigenvalue weighted by molar-refractivity contribution is 0.636. The lowest BCUT2D eigenvalue weighted by Crippen LogP contribution is -2.24. The van der Waals surface area contributed by atoms with Gasteiger partial charge in [-0.15, -0.1) is 0 Å². The maximum absolute atomic E-state index is 5.08. The number of hydrogen-bond acceptors (Lipinski definition) is 2. The van der Waals surface area contributed by atoms with E-state index in [2.05, 4.69) is 12.3 Å². The van der Waals surface area contributed by atoms with E-state index in [1.54, 1.807) is 0 Å². The van der Waals surface area contributed by atoms with Gasteiger partial charge in [-0.1, -0.05) is 6.92 Å². The highest BCUT2D eigenvalue weighted by atomic mass is 15.2. The highest BCUT2D eigenvalue weighted by Crippen LogP contribution is 2.36. The maximum atomic E-state index is 5.08. The normalized spacial score (nSPS) is 38.6. The van der Waals surface area contributed by atoms with E-state index in [1.165, 1.54) is 6.42 Å². The van der Waals surface area contributed by atoms with Crippen LogP contribution in [0.3, 0.4) is 0 Å². The van der Waals surface area contributed by atoms with E-state index in [9.17, 15) is 0 Å². The van der Waals surface area contributed by atoms with Gasteiger partial charge >= 0.3 is 0 Å². The van der Waals surface area contributed by atoms with E-state index < -0.39 is 0 Å². The van der Waals surface area contributed by atoms with Crippen molar-refractivity contribution in [1.82, 2.24) is 5.43 Å². The molecule has 1 fully saturated rings. The van der Waals surface area contributed by atoms with Crippen molar-refractivity contribution < 1.29 is 0 Å². The molecule has 0 unspecified atom stereocenters. The Bertz CT molecular complexity index is 63.1. The van der Waals surface area contributed by atoms with E-state index in [0.717, 1.165) is 18.4 Å². The van der Waals surface area contributed by atoms with E-state index in [4.69, 9.17) is 5.84 Å². The minimum absolute atomic E-state index is 0.880. The number of hydrazine groups is 1. The summed E-state index contributed by atoms with van der Waals surface area (Å²) in [4.78, 5) is 0. The third-order valence-corrected chi connectivity index (χ3v) is 1.66. The third-order valence-electron chi connectivity index (χ3n) is 1.66. The molecule has 7 heavy (non-hydrogen) atoms. The molecule has 1 saturated carbocycles. The van der Waals surface area contributed by atoms with Crippen LogP contribution in [0.15, 0.2) is 0 Å². The van der Waals surface area contributed by atoms with Crippen LogP contribution in [0.4, 0.5) is 0 Å². The van der Waals surface area contributed by atoms with Gasteiger partial charge in [0.1, 0.15) is 0 Å². The van der Waals surface area contributed by atoms with Gasteiger partial charge in [0.2, 0.25) is 0 Å². The summed E-state index contributed by atoms with van der Waals surface area (Å²) in [6.07, 6.45) is 1.37. The van der Waals surface area contributed by atoms with E-state index in [0.29, 0.717) is 0 Å². The molecule has 1 aliphatic carbocycles. The second kappa shape index (κ2) is 1.80. The zero-order valence-corrected chi connectivity index (χ0v) is 4.65. The van der Waals surface area contributed by atoms with Crippen LogP contribution in [0.25, 0.3) is 0 Å². The molecule has 0 bridgehead atoms. The fourth-order valence-corrected chi connectivity index (χ4v) is 0.835. The molecule has 42 valence electrons. The Morgan fingerprint density at radius 2 is 2.43 bits per heavy atom. The highest BCUT2D eigenvalue weighted by Gasteiger charge is 2.31. The first kappa shape index (κ1) is 5.06. The summed E-state index contributed by atoms with van der Waals surface area (Å²) in [7, 11) is 0. The van der Waals surface area contributed by atoms with Gasteiger partial charge < -0.3 is 0 Å². The Hall–Kier alpha value is -0.0800. The van der Waals surface area contributed by atoms with Crippen molar-refractivity contribution in [2.24, 2.45) is 17.7 Å². The minimum atomic E-state index is 0.880. The van der Waals surface area contributed by atoms with E-state index >= 15 is 0 Å². The van der Waals surface area contributed by atoms with Crippen LogP contribution in [0.1, 0.15) is 13.3 Å². The number of nitrogens with two attached hydrogens (primary N) is 1. The summed E-state index contributed by atoms with van der Waals surface area (Å²) in [5.74, 6) is 6.89. The van der Waals surface area contributed by atoms with Gasteiger partial charge in [0.05, 0.1) is 0 Å². The van der Waals surface area contributed by atoms with Gasteiger partial charge in [-0.2, -0.15) is 0 Å². The first-order valence-corrected chi connectivity index (χ1v) is 2.78. The monoisotopic (exact) mass is 100 g/mol. The summed E-state index contributed by atoms with van der Waals surface area (Å²) in [6, 6.07) is 0. The molecule has 3 N–H and O–H groups in total. The standard InChI is InChI=1S/C5H12N2/c1-4-2-5(4)3-7-6/h4-5,7H,2-3,6H2,1H3/t4-,5-/m0/s1. The SMILES string of the molecule is C[C@H]1C[C@H]1CNN. The molecule has 0 aromatic rings. The fraction of sp³-hybridized carbons (Fsp3) is 1.00. The van der Waals surface area contributed by atoms with E-state index in [-0.39, 0.29) is 0 Å². The topological polar surface area (TPSA) is 38.0 Å². The third kappa shape index (κ3) is 1.14. The van der Waals surface area contributed by atoms with E-state index in [1.807, 2.05) is 0 Å². The molecule has 1 aliphatic rings. The van der Waals surface area contributed by atoms with Crippen LogP contribution in [0.2, 0.25) is 0 Å². The fourth-order valence-electron chi connectivity index (χ4n) is 0.835. The van der Waals surface area contributed by atoms with Gasteiger partial charge in [0.25, 0.3) is 0 Å². The smallest absolute Gasteiger partial charge is 0.0128 e. The zero-order valence-electron chi connectivity index (χ0n) is 4.65. The molecule has 1 rings (SSSR count). The Kier molecular flexibility index (Phi) is 1.30. The van der Waals surface area contributed by atoms with Crippen molar-refractivity contribution in [3.8, 4) is 0 Å². The zero-order chi connectivity index (χ0) is 5.28. The summed E-state index contributed by atoms with van der Waals surface area (Å²) in [6.45, 7) is 3.25. The Labute approximate surface area is 44.1 Å². The van der Waals surface area contributed by atoms with Crippen LogP contribution in [-0.2, 0) is 0 Å². The average Bonchev–Trinajstić information content (AvgIpc) is 2.22. The quantitative estimate of drug-likeness (QED) is 0.381. The highest BCUT2D eigenvalue weighted by molar-refractivity contribution is 4.82. The van der Waals surface area contributed by atoms with Crippen molar-refractivity contribution in [3.05, 3.63) is 0 Å². The van der Waals surface area contributed by atoms with Crippen molar-refractivity contribution in [2.75, 3.05) is 6.54 Å². The predicted octanol–water partition coefficient (Wildman–Crippen LogP) is 0.106. The lowest BCUT2D eigenvalue weighted by Gasteiger charge is -1.90. The van der Waals surface area contributed by atoms with Gasteiger partial charge in [-0.3, -0.25) is 11.3 Å². The largest absolute Gasteiger partial charge is 0.271 e. The van der Waals surface area contributed by atoms with Crippen molar-refractivity contribution in [1.29, 1.82) is 0 Å². The molecule has 0 heterocycles. The van der Waals surface area contributed by atoms with Gasteiger partial charge in [0, 0.05) is 6.54 Å². The second-order valence-corrected chi connectivity index (χ2v) is 2.38. The molecule has 0 amide bonds. The van der Waals surface area contributed by atoms with Gasteiger partial charge in [-0.25, -0.2) is 0 Å². The molecule has 0 aromatic carbocycles. The molecular weight excluding hydrogens is 88.1 g/mol. The van der Waals surface area contributed by atoms with Crippen LogP contribution >= 0.6 is 0 Å². The van der Waals surface area contributed by atoms with Crippen LogP contribution in [0, 0.1) is 11.8 Å². The molecule has 0 radical (unpaired) electrons. The number of nitrogens with one attached hydrogen (secondary N) is 1. The first-order chi connectivity index (χ1) is 3.34. The molecule has 0 aliphatic heterocycles. The Balaban J connectivity index is 1.98. The van der Waals surface area contributed by atoms with Crippen LogP contribution in [0.5, 0.6) is 0 Å². The average molecular weight is 100 g/mol. The summed E-state index contributed by atoms with van der Waals surface area (Å²) < 4.78 is 0. The Morgan fingerprint density at radius 3 is 2.57 bits per heavy atom. The van der Waals surface area contributed by atoms with Crippen LogP contribution < -0.4 is 11.3 Å². The van der Waals surface area contributed by atoms with Crippen molar-refractivity contribution in [2.45, 2.75) is 13.3 Å². The summed E-state index contributed by atoms with van der Waals surface area (Å²) >= 11 is 0. The second-order valence-electron chi connectivity index (χ2n) is 2.38. The summed E-state index contributed by atoms with van der Waals surface area (Å²) in [5, 5.41) is 0. The van der Waals surface area contributed by atoms with Crippen molar-refractivity contribution >= 4 is 0 Å². The maximum Gasteiger partial charge on any atom is 0.0128 e. The lowest BCUT2D eigenvalue weighted by atomic mass is 10.3. The molecule has 0 aromatic heterocycles. The first-order valence-electron chi connectivity index (χ1n) is 2.78. The summed E-state index contributed by atoms with van der Waals surface area (Å²) in [5.41, 5.74) is 2.66. The molecule has 2 atom stereocenters. The van der Waals surface area contributed by atoms with Gasteiger partial charge in [0.15, 0.2) is 0 Å².